The number of rotatable bonds is 5. The lowest BCUT2D eigenvalue weighted by molar-refractivity contribution is 0.0284. The van der Waals surface area contributed by atoms with Crippen LogP contribution >= 0.6 is 0 Å². The minimum Gasteiger partial charge on any atom is -0.486 e. The molecule has 0 unspecified atom stereocenters. The van der Waals surface area contributed by atoms with E-state index in [-0.39, 0.29) is 23.2 Å². The van der Waals surface area contributed by atoms with Crippen molar-refractivity contribution in [2.75, 3.05) is 19.7 Å². The minimum absolute atomic E-state index is 0.162. The quantitative estimate of drug-likeness (QED) is 0.724. The average Bonchev–Trinajstić information content (AvgIpc) is 3.32. The van der Waals surface area contributed by atoms with Crippen LogP contribution in [0.1, 0.15) is 44.1 Å². The van der Waals surface area contributed by atoms with Gasteiger partial charge in [-0.1, -0.05) is 24.3 Å². The van der Waals surface area contributed by atoms with Crippen LogP contribution in [0.3, 0.4) is 0 Å². The molecule has 1 atom stereocenters. The van der Waals surface area contributed by atoms with Gasteiger partial charge in [0.25, 0.3) is 0 Å². The Bertz CT molecular complexity index is 969. The summed E-state index contributed by atoms with van der Waals surface area (Å²) >= 11 is 0. The standard InChI is InChI=1S/C24H30N2O5/c1-24(2,3)31-23(28)26-9-8-17(11-26)15-30-22-16-29-20(10-21(22)27)14-25-12-18-6-4-5-7-19(18)13-25/h4-7,10,16-17H,8-9,11-15H2,1-3H3/t17-/m0/s1. The number of fused-ring (bicyclic) bond motifs is 1. The predicted octanol–water partition coefficient (Wildman–Crippen LogP) is 3.79. The summed E-state index contributed by atoms with van der Waals surface area (Å²) < 4.78 is 16.8. The third-order valence-electron chi connectivity index (χ3n) is 5.55. The van der Waals surface area contributed by atoms with Crippen LogP contribution in [-0.4, -0.2) is 41.2 Å². The van der Waals surface area contributed by atoms with Crippen LogP contribution in [0.5, 0.6) is 5.75 Å². The lowest BCUT2D eigenvalue weighted by atomic mass is 10.1. The van der Waals surface area contributed by atoms with E-state index in [2.05, 4.69) is 17.0 Å². The van der Waals surface area contributed by atoms with Crippen molar-refractivity contribution in [1.82, 2.24) is 9.80 Å². The van der Waals surface area contributed by atoms with Gasteiger partial charge in [0.05, 0.1) is 13.2 Å². The number of hydrogen-bond donors (Lipinski definition) is 0. The van der Waals surface area contributed by atoms with Gasteiger partial charge >= 0.3 is 6.09 Å². The fourth-order valence-electron chi connectivity index (χ4n) is 4.03. The van der Waals surface area contributed by atoms with Crippen molar-refractivity contribution >= 4 is 6.09 Å². The Balaban J connectivity index is 1.27. The molecule has 0 spiro atoms. The second-order valence-corrected chi connectivity index (χ2v) is 9.38. The van der Waals surface area contributed by atoms with Crippen molar-refractivity contribution in [2.45, 2.75) is 52.4 Å². The number of carbonyl (C=O) groups is 1. The summed E-state index contributed by atoms with van der Waals surface area (Å²) in [7, 11) is 0. The molecular formula is C24H30N2O5. The summed E-state index contributed by atoms with van der Waals surface area (Å²) in [6.07, 6.45) is 1.92. The first-order chi connectivity index (χ1) is 14.8. The van der Waals surface area contributed by atoms with Gasteiger partial charge in [0.15, 0.2) is 0 Å². The molecule has 7 heteroatoms. The highest BCUT2D eigenvalue weighted by atomic mass is 16.6. The Labute approximate surface area is 182 Å². The molecule has 1 aromatic heterocycles. The van der Waals surface area contributed by atoms with Gasteiger partial charge in [-0.25, -0.2) is 4.79 Å². The third-order valence-corrected chi connectivity index (χ3v) is 5.55. The van der Waals surface area contributed by atoms with Crippen molar-refractivity contribution in [1.29, 1.82) is 0 Å². The summed E-state index contributed by atoms with van der Waals surface area (Å²) in [5, 5.41) is 0. The Morgan fingerprint density at radius 2 is 1.90 bits per heavy atom. The fraction of sp³-hybridized carbons (Fsp3) is 0.500. The second-order valence-electron chi connectivity index (χ2n) is 9.38. The summed E-state index contributed by atoms with van der Waals surface area (Å²) in [6.45, 7) is 9.42. The van der Waals surface area contributed by atoms with Crippen molar-refractivity contribution < 1.29 is 18.7 Å². The Kier molecular flexibility index (Phi) is 6.05. The zero-order chi connectivity index (χ0) is 22.0. The molecule has 1 amide bonds. The van der Waals surface area contributed by atoms with Gasteiger partial charge in [-0.3, -0.25) is 9.69 Å². The molecule has 0 saturated carbocycles. The molecule has 1 saturated heterocycles. The summed E-state index contributed by atoms with van der Waals surface area (Å²) in [5.74, 6) is 1.00. The van der Waals surface area contributed by atoms with Gasteiger partial charge in [-0.15, -0.1) is 0 Å². The first kappa shape index (κ1) is 21.4. The molecule has 4 rings (SSSR count). The zero-order valence-corrected chi connectivity index (χ0v) is 18.4. The van der Waals surface area contributed by atoms with Gasteiger partial charge in [0, 0.05) is 38.2 Å². The smallest absolute Gasteiger partial charge is 0.410 e. The van der Waals surface area contributed by atoms with Crippen molar-refractivity contribution in [3.8, 4) is 5.75 Å². The molecule has 2 aromatic rings. The lowest BCUT2D eigenvalue weighted by Gasteiger charge is -2.24. The fourth-order valence-corrected chi connectivity index (χ4v) is 4.03. The number of carbonyl (C=O) groups excluding carboxylic acids is 1. The van der Waals surface area contributed by atoms with E-state index < -0.39 is 5.60 Å². The molecule has 3 heterocycles. The first-order valence-corrected chi connectivity index (χ1v) is 10.8. The molecule has 0 N–H and O–H groups in total. The zero-order valence-electron chi connectivity index (χ0n) is 18.4. The van der Waals surface area contributed by atoms with Gasteiger partial charge in [-0.05, 0) is 38.3 Å². The maximum atomic E-state index is 12.5. The maximum Gasteiger partial charge on any atom is 0.410 e. The molecule has 0 radical (unpaired) electrons. The highest BCUT2D eigenvalue weighted by molar-refractivity contribution is 5.68. The van der Waals surface area contributed by atoms with Gasteiger partial charge in [0.2, 0.25) is 11.2 Å². The lowest BCUT2D eigenvalue weighted by Crippen LogP contribution is -2.35. The Hall–Kier alpha value is -2.80. The number of nitrogens with zero attached hydrogens (tertiary/aromatic N) is 2. The summed E-state index contributed by atoms with van der Waals surface area (Å²) in [6, 6.07) is 9.88. The molecule has 0 aliphatic carbocycles. The predicted molar refractivity (Wildman–Crippen MR) is 116 cm³/mol. The molecule has 31 heavy (non-hydrogen) atoms. The van der Waals surface area contributed by atoms with Crippen LogP contribution in [0.4, 0.5) is 4.79 Å². The van der Waals surface area contributed by atoms with E-state index >= 15 is 0 Å². The number of likely N-dealkylation sites (tertiary alicyclic amines) is 1. The van der Waals surface area contributed by atoms with E-state index in [0.29, 0.717) is 32.0 Å². The number of ether oxygens (including phenoxy) is 2. The normalized spacial score (nSPS) is 18.8. The van der Waals surface area contributed by atoms with E-state index in [1.165, 1.54) is 23.5 Å². The molecular weight excluding hydrogens is 396 g/mol. The van der Waals surface area contributed by atoms with Crippen molar-refractivity contribution in [3.05, 3.63) is 63.7 Å². The van der Waals surface area contributed by atoms with Crippen LogP contribution in [0.25, 0.3) is 0 Å². The van der Waals surface area contributed by atoms with E-state index in [4.69, 9.17) is 13.9 Å². The Morgan fingerprint density at radius 1 is 1.19 bits per heavy atom. The van der Waals surface area contributed by atoms with Gasteiger partial charge in [0.1, 0.15) is 17.6 Å². The number of amides is 1. The summed E-state index contributed by atoms with van der Waals surface area (Å²) in [4.78, 5) is 28.6. The molecule has 0 bridgehead atoms. The molecule has 7 nitrogen and oxygen atoms in total. The molecule has 2 aliphatic heterocycles. The first-order valence-electron chi connectivity index (χ1n) is 10.8. The molecule has 1 aromatic carbocycles. The summed E-state index contributed by atoms with van der Waals surface area (Å²) in [5.41, 5.74) is 1.95. The van der Waals surface area contributed by atoms with E-state index in [9.17, 15) is 9.59 Å². The minimum atomic E-state index is -0.510. The van der Waals surface area contributed by atoms with Crippen molar-refractivity contribution in [2.24, 2.45) is 5.92 Å². The average molecular weight is 427 g/mol. The van der Waals surface area contributed by atoms with E-state index in [1.54, 1.807) is 4.90 Å². The molecule has 2 aliphatic rings. The number of hydrogen-bond acceptors (Lipinski definition) is 6. The van der Waals surface area contributed by atoms with Crippen LogP contribution in [-0.2, 0) is 24.4 Å². The van der Waals surface area contributed by atoms with Crippen LogP contribution in [0.2, 0.25) is 0 Å². The Morgan fingerprint density at radius 3 is 2.55 bits per heavy atom. The highest BCUT2D eigenvalue weighted by Gasteiger charge is 2.30. The van der Waals surface area contributed by atoms with Crippen LogP contribution in [0, 0.1) is 5.92 Å². The monoisotopic (exact) mass is 426 g/mol. The SMILES string of the molecule is CC(C)(C)OC(=O)N1CC[C@H](COc2coc(CN3Cc4ccccc4C3)cc2=O)C1. The van der Waals surface area contributed by atoms with Gasteiger partial charge in [-0.2, -0.15) is 0 Å². The third kappa shape index (κ3) is 5.47. The van der Waals surface area contributed by atoms with E-state index in [0.717, 1.165) is 19.5 Å². The number of benzene rings is 1. The highest BCUT2D eigenvalue weighted by Crippen LogP contribution is 2.24. The topological polar surface area (TPSA) is 72.2 Å². The maximum absolute atomic E-state index is 12.5. The van der Waals surface area contributed by atoms with Gasteiger partial charge < -0.3 is 18.8 Å². The van der Waals surface area contributed by atoms with E-state index in [1.807, 2.05) is 32.9 Å². The molecule has 166 valence electrons. The van der Waals surface area contributed by atoms with Crippen LogP contribution < -0.4 is 10.2 Å². The second kappa shape index (κ2) is 8.75. The van der Waals surface area contributed by atoms with Crippen molar-refractivity contribution in [3.63, 3.8) is 0 Å². The largest absolute Gasteiger partial charge is 0.486 e. The molecule has 1 fully saturated rings. The van der Waals surface area contributed by atoms with Crippen LogP contribution in [0.15, 0.2) is 45.8 Å².